The van der Waals surface area contributed by atoms with E-state index in [1.807, 2.05) is 0 Å². The van der Waals surface area contributed by atoms with Crippen molar-refractivity contribution in [2.75, 3.05) is 26.2 Å². The number of nitrogens with one attached hydrogen (secondary N) is 1. The Morgan fingerprint density at radius 2 is 2.08 bits per heavy atom. The number of hydrogen-bond acceptors (Lipinski definition) is 2. The molecular formula is C9H19FN2. The van der Waals surface area contributed by atoms with Gasteiger partial charge in [0.1, 0.15) is 6.17 Å². The number of alkyl halides is 1. The van der Waals surface area contributed by atoms with Crippen LogP contribution in [0.15, 0.2) is 0 Å². The first-order valence-corrected chi connectivity index (χ1v) is 4.88. The van der Waals surface area contributed by atoms with Gasteiger partial charge in [-0.25, -0.2) is 4.39 Å². The van der Waals surface area contributed by atoms with Crippen LogP contribution >= 0.6 is 0 Å². The lowest BCUT2D eigenvalue weighted by Gasteiger charge is -2.35. The van der Waals surface area contributed by atoms with Crippen LogP contribution in [0.4, 0.5) is 4.39 Å². The largest absolute Gasteiger partial charge is 0.314 e. The highest BCUT2D eigenvalue weighted by Crippen LogP contribution is 2.14. The average Bonchev–Trinajstić information content (AvgIpc) is 2.10. The second-order valence-electron chi connectivity index (χ2n) is 3.30. The lowest BCUT2D eigenvalue weighted by atomic mass is 10.0. The fourth-order valence-electron chi connectivity index (χ4n) is 1.91. The normalized spacial score (nSPS) is 31.0. The van der Waals surface area contributed by atoms with Gasteiger partial charge in [-0.15, -0.1) is 0 Å². The Hall–Kier alpha value is -0.150. The van der Waals surface area contributed by atoms with Gasteiger partial charge in [-0.2, -0.15) is 0 Å². The molecule has 0 saturated carbocycles. The molecule has 12 heavy (non-hydrogen) atoms. The van der Waals surface area contributed by atoms with E-state index in [4.69, 9.17) is 0 Å². The highest BCUT2D eigenvalue weighted by atomic mass is 19.1. The van der Waals surface area contributed by atoms with Gasteiger partial charge in [-0.3, -0.25) is 4.90 Å². The molecule has 1 aliphatic rings. The van der Waals surface area contributed by atoms with Gasteiger partial charge in [-0.05, 0) is 26.1 Å². The maximum absolute atomic E-state index is 13.4. The van der Waals surface area contributed by atoms with Crippen LogP contribution in [-0.4, -0.2) is 43.3 Å². The Morgan fingerprint density at radius 3 is 2.58 bits per heavy atom. The van der Waals surface area contributed by atoms with Crippen LogP contribution in [0.3, 0.4) is 0 Å². The molecule has 72 valence electrons. The molecule has 0 aromatic carbocycles. The standard InChI is InChI=1S/C9H19FN2/c1-3-12(4-2)9-5-6-11-7-8(9)10/h8-9,11H,3-7H2,1-2H3. The third kappa shape index (κ3) is 2.17. The molecule has 0 aromatic heterocycles. The van der Waals surface area contributed by atoms with Crippen molar-refractivity contribution in [2.24, 2.45) is 0 Å². The Kier molecular flexibility index (Phi) is 3.95. The Balaban J connectivity index is 2.45. The summed E-state index contributed by atoms with van der Waals surface area (Å²) < 4.78 is 13.4. The minimum absolute atomic E-state index is 0.154. The fraction of sp³-hybridized carbons (Fsp3) is 1.00. The summed E-state index contributed by atoms with van der Waals surface area (Å²) in [6.07, 6.45) is 0.265. The van der Waals surface area contributed by atoms with E-state index in [9.17, 15) is 4.39 Å². The van der Waals surface area contributed by atoms with E-state index in [-0.39, 0.29) is 6.04 Å². The second-order valence-corrected chi connectivity index (χ2v) is 3.30. The summed E-state index contributed by atoms with van der Waals surface area (Å²) in [5.41, 5.74) is 0. The third-order valence-electron chi connectivity index (χ3n) is 2.66. The number of piperidine rings is 1. The maximum Gasteiger partial charge on any atom is 0.128 e. The zero-order chi connectivity index (χ0) is 8.97. The Bertz CT molecular complexity index is 126. The molecule has 1 rings (SSSR count). The van der Waals surface area contributed by atoms with Gasteiger partial charge in [0.25, 0.3) is 0 Å². The van der Waals surface area contributed by atoms with E-state index in [0.717, 1.165) is 26.1 Å². The molecule has 0 aromatic rings. The first kappa shape index (κ1) is 9.93. The van der Waals surface area contributed by atoms with Gasteiger partial charge in [-0.1, -0.05) is 13.8 Å². The van der Waals surface area contributed by atoms with Crippen LogP contribution in [0.25, 0.3) is 0 Å². The topological polar surface area (TPSA) is 15.3 Å². The number of nitrogens with zero attached hydrogens (tertiary/aromatic N) is 1. The minimum Gasteiger partial charge on any atom is -0.314 e. The molecule has 1 saturated heterocycles. The van der Waals surface area contributed by atoms with E-state index in [2.05, 4.69) is 24.1 Å². The molecule has 3 heteroatoms. The highest BCUT2D eigenvalue weighted by Gasteiger charge is 2.27. The van der Waals surface area contributed by atoms with Crippen molar-refractivity contribution in [3.05, 3.63) is 0 Å². The van der Waals surface area contributed by atoms with Crippen LogP contribution in [0.2, 0.25) is 0 Å². The Morgan fingerprint density at radius 1 is 1.42 bits per heavy atom. The number of hydrogen-bond donors (Lipinski definition) is 1. The molecule has 1 fully saturated rings. The first-order valence-electron chi connectivity index (χ1n) is 4.88. The van der Waals surface area contributed by atoms with Gasteiger partial charge < -0.3 is 5.32 Å². The van der Waals surface area contributed by atoms with Crippen molar-refractivity contribution < 1.29 is 4.39 Å². The molecule has 0 radical (unpaired) electrons. The van der Waals surface area contributed by atoms with Crippen LogP contribution in [0.1, 0.15) is 20.3 Å². The van der Waals surface area contributed by atoms with Crippen LogP contribution in [0, 0.1) is 0 Å². The van der Waals surface area contributed by atoms with Crippen LogP contribution in [-0.2, 0) is 0 Å². The molecule has 1 aliphatic heterocycles. The van der Waals surface area contributed by atoms with Crippen LogP contribution < -0.4 is 5.32 Å². The van der Waals surface area contributed by atoms with Crippen molar-refractivity contribution in [1.82, 2.24) is 10.2 Å². The smallest absolute Gasteiger partial charge is 0.128 e. The van der Waals surface area contributed by atoms with Gasteiger partial charge in [0.2, 0.25) is 0 Å². The van der Waals surface area contributed by atoms with Crippen LogP contribution in [0.5, 0.6) is 0 Å². The van der Waals surface area contributed by atoms with Gasteiger partial charge in [0, 0.05) is 12.6 Å². The predicted octanol–water partition coefficient (Wildman–Crippen LogP) is 1.03. The molecule has 0 aliphatic carbocycles. The summed E-state index contributed by atoms with van der Waals surface area (Å²) in [4.78, 5) is 2.21. The summed E-state index contributed by atoms with van der Waals surface area (Å²) in [5, 5.41) is 3.07. The summed E-state index contributed by atoms with van der Waals surface area (Å²) in [7, 11) is 0. The average molecular weight is 174 g/mol. The molecular weight excluding hydrogens is 155 g/mol. The summed E-state index contributed by atoms with van der Waals surface area (Å²) >= 11 is 0. The lowest BCUT2D eigenvalue weighted by molar-refractivity contribution is 0.0930. The highest BCUT2D eigenvalue weighted by molar-refractivity contribution is 4.84. The molecule has 1 heterocycles. The van der Waals surface area contributed by atoms with Gasteiger partial charge in [0.15, 0.2) is 0 Å². The quantitative estimate of drug-likeness (QED) is 0.687. The van der Waals surface area contributed by atoms with E-state index in [0.29, 0.717) is 6.54 Å². The first-order chi connectivity index (χ1) is 5.79. The lowest BCUT2D eigenvalue weighted by Crippen LogP contribution is -2.50. The third-order valence-corrected chi connectivity index (χ3v) is 2.66. The summed E-state index contributed by atoms with van der Waals surface area (Å²) in [6.45, 7) is 7.60. The molecule has 0 amide bonds. The van der Waals surface area contributed by atoms with Crippen molar-refractivity contribution in [1.29, 1.82) is 0 Å². The van der Waals surface area contributed by atoms with Gasteiger partial charge >= 0.3 is 0 Å². The number of rotatable bonds is 3. The zero-order valence-corrected chi connectivity index (χ0v) is 8.02. The summed E-state index contributed by atoms with van der Waals surface area (Å²) in [5.74, 6) is 0. The van der Waals surface area contributed by atoms with Crippen molar-refractivity contribution >= 4 is 0 Å². The second kappa shape index (κ2) is 4.77. The predicted molar refractivity (Wildman–Crippen MR) is 49.1 cm³/mol. The minimum atomic E-state index is -0.682. The molecule has 2 unspecified atom stereocenters. The van der Waals surface area contributed by atoms with E-state index >= 15 is 0 Å². The fourth-order valence-corrected chi connectivity index (χ4v) is 1.91. The summed E-state index contributed by atoms with van der Waals surface area (Å²) in [6, 6.07) is 0.154. The molecule has 0 spiro atoms. The zero-order valence-electron chi connectivity index (χ0n) is 8.02. The van der Waals surface area contributed by atoms with E-state index < -0.39 is 6.17 Å². The molecule has 0 bridgehead atoms. The van der Waals surface area contributed by atoms with E-state index in [1.165, 1.54) is 0 Å². The SMILES string of the molecule is CCN(CC)C1CCNCC1F. The molecule has 2 atom stereocenters. The van der Waals surface area contributed by atoms with Crippen molar-refractivity contribution in [3.8, 4) is 0 Å². The van der Waals surface area contributed by atoms with Crippen molar-refractivity contribution in [3.63, 3.8) is 0 Å². The Labute approximate surface area is 74.1 Å². The maximum atomic E-state index is 13.4. The van der Waals surface area contributed by atoms with Crippen molar-refractivity contribution in [2.45, 2.75) is 32.5 Å². The molecule has 2 nitrogen and oxygen atoms in total. The monoisotopic (exact) mass is 174 g/mol. The number of halogens is 1. The van der Waals surface area contributed by atoms with Gasteiger partial charge in [0.05, 0.1) is 0 Å². The van der Waals surface area contributed by atoms with E-state index in [1.54, 1.807) is 0 Å². The molecule has 1 N–H and O–H groups in total.